The fraction of sp³-hybridized carbons (Fsp3) is 0.524. The first kappa shape index (κ1) is 24.1. The number of ketones is 1. The van der Waals surface area contributed by atoms with Crippen LogP contribution in [-0.4, -0.2) is 37.3 Å². The molecule has 0 spiro atoms. The van der Waals surface area contributed by atoms with Gasteiger partial charge >= 0.3 is 12.0 Å². The molecule has 160 valence electrons. The molecule has 0 fully saturated rings. The van der Waals surface area contributed by atoms with Gasteiger partial charge in [0.05, 0.1) is 12.7 Å². The third-order valence-corrected chi connectivity index (χ3v) is 4.93. The van der Waals surface area contributed by atoms with Gasteiger partial charge in [0.15, 0.2) is 0 Å². The van der Waals surface area contributed by atoms with E-state index >= 15 is 0 Å². The maximum atomic E-state index is 12.8. The number of carbonyl (C=O) groups excluding carboxylic acids is 4. The Morgan fingerprint density at radius 3 is 2.21 bits per heavy atom. The number of hydrogen-bond donors (Lipinski definition) is 3. The van der Waals surface area contributed by atoms with Crippen LogP contribution < -0.4 is 16.4 Å². The molecule has 0 bridgehead atoms. The Kier molecular flexibility index (Phi) is 9.85. The molecular weight excluding hydrogens is 374 g/mol. The second-order valence-corrected chi connectivity index (χ2v) is 7.39. The van der Waals surface area contributed by atoms with Gasteiger partial charge in [0, 0.05) is 30.5 Å². The van der Waals surface area contributed by atoms with Gasteiger partial charge in [-0.1, -0.05) is 20.8 Å². The zero-order chi connectivity index (χ0) is 22.0. The molecule has 0 unspecified atom stereocenters. The number of benzene rings is 1. The van der Waals surface area contributed by atoms with Gasteiger partial charge in [0.25, 0.3) is 0 Å². The minimum Gasteiger partial charge on any atom is -0.465 e. The Hall–Kier alpha value is -2.90. The highest BCUT2D eigenvalue weighted by atomic mass is 16.5. The summed E-state index contributed by atoms with van der Waals surface area (Å²) in [7, 11) is 1.30. The Bertz CT molecular complexity index is 716. The van der Waals surface area contributed by atoms with Crippen molar-refractivity contribution in [2.24, 2.45) is 23.5 Å². The van der Waals surface area contributed by atoms with E-state index in [0.29, 0.717) is 30.6 Å². The molecule has 8 nitrogen and oxygen atoms in total. The van der Waals surface area contributed by atoms with Gasteiger partial charge in [-0.2, -0.15) is 0 Å². The van der Waals surface area contributed by atoms with E-state index in [4.69, 9.17) is 5.73 Å². The molecule has 0 heterocycles. The van der Waals surface area contributed by atoms with E-state index in [0.717, 1.165) is 0 Å². The summed E-state index contributed by atoms with van der Waals surface area (Å²) in [5, 5.41) is 5.28. The molecule has 4 N–H and O–H groups in total. The van der Waals surface area contributed by atoms with Crippen molar-refractivity contribution in [2.45, 2.75) is 40.0 Å². The number of urea groups is 1. The summed E-state index contributed by atoms with van der Waals surface area (Å²) in [5.74, 6) is -1.19. The van der Waals surface area contributed by atoms with E-state index in [2.05, 4.69) is 15.4 Å². The Morgan fingerprint density at radius 2 is 1.69 bits per heavy atom. The molecule has 0 aliphatic rings. The predicted octanol–water partition coefficient (Wildman–Crippen LogP) is 2.73. The van der Waals surface area contributed by atoms with Crippen LogP contribution in [0.25, 0.3) is 0 Å². The van der Waals surface area contributed by atoms with Crippen molar-refractivity contribution in [1.82, 2.24) is 5.32 Å². The number of primary amides is 1. The summed E-state index contributed by atoms with van der Waals surface area (Å²) < 4.78 is 4.65. The van der Waals surface area contributed by atoms with E-state index < -0.39 is 17.9 Å². The lowest BCUT2D eigenvalue weighted by Gasteiger charge is -2.20. The van der Waals surface area contributed by atoms with Gasteiger partial charge in [-0.15, -0.1) is 0 Å². The van der Waals surface area contributed by atoms with E-state index in [9.17, 15) is 19.2 Å². The summed E-state index contributed by atoms with van der Waals surface area (Å²) in [6.07, 6.45) is 1.08. The fourth-order valence-corrected chi connectivity index (χ4v) is 2.74. The number of hydrogen-bond acceptors (Lipinski definition) is 5. The topological polar surface area (TPSA) is 128 Å². The summed E-state index contributed by atoms with van der Waals surface area (Å²) in [6, 6.07) is 5.70. The first-order valence-corrected chi connectivity index (χ1v) is 9.71. The monoisotopic (exact) mass is 405 g/mol. The normalized spacial score (nSPS) is 12.7. The zero-order valence-corrected chi connectivity index (χ0v) is 17.5. The number of Topliss-reactive ketones (excluding diaryl/α,β-unsaturated/α-hetero) is 1. The maximum Gasteiger partial charge on any atom is 0.337 e. The molecule has 1 aromatic rings. The number of ether oxygens (including phenoxy) is 1. The molecule has 0 aliphatic carbocycles. The van der Waals surface area contributed by atoms with Gasteiger partial charge in [0.1, 0.15) is 5.78 Å². The summed E-state index contributed by atoms with van der Waals surface area (Å²) in [6.45, 7) is 6.14. The Balaban J connectivity index is 2.80. The van der Waals surface area contributed by atoms with Crippen molar-refractivity contribution in [3.05, 3.63) is 29.8 Å². The maximum absolute atomic E-state index is 12.8. The molecule has 1 rings (SSSR count). The highest BCUT2D eigenvalue weighted by Crippen LogP contribution is 2.21. The largest absolute Gasteiger partial charge is 0.465 e. The smallest absolute Gasteiger partial charge is 0.337 e. The van der Waals surface area contributed by atoms with Crippen molar-refractivity contribution in [3.63, 3.8) is 0 Å². The molecule has 0 aromatic heterocycles. The van der Waals surface area contributed by atoms with Crippen LogP contribution in [0.1, 0.15) is 50.4 Å². The van der Waals surface area contributed by atoms with Crippen molar-refractivity contribution in [3.8, 4) is 0 Å². The lowest BCUT2D eigenvalue weighted by Crippen LogP contribution is -2.32. The number of nitrogens with one attached hydrogen (secondary N) is 2. The van der Waals surface area contributed by atoms with Crippen LogP contribution in [0.15, 0.2) is 24.3 Å². The van der Waals surface area contributed by atoms with Crippen LogP contribution in [-0.2, 0) is 14.3 Å². The SMILES string of the molecule is COC(=O)c1ccc(NC(=O)[C@H](CCCNC(N)=O)CC(=O)[C@@H](C)C(C)C)cc1. The lowest BCUT2D eigenvalue weighted by molar-refractivity contribution is -0.129. The second kappa shape index (κ2) is 11.8. The van der Waals surface area contributed by atoms with E-state index in [1.165, 1.54) is 7.11 Å². The lowest BCUT2D eigenvalue weighted by atomic mass is 9.86. The number of rotatable bonds is 11. The van der Waals surface area contributed by atoms with Crippen molar-refractivity contribution in [1.29, 1.82) is 0 Å². The van der Waals surface area contributed by atoms with Gasteiger partial charge < -0.3 is 21.1 Å². The quantitative estimate of drug-likeness (QED) is 0.385. The van der Waals surface area contributed by atoms with Crippen LogP contribution in [0, 0.1) is 17.8 Å². The molecule has 0 saturated heterocycles. The highest BCUT2D eigenvalue weighted by Gasteiger charge is 2.26. The zero-order valence-electron chi connectivity index (χ0n) is 17.5. The second-order valence-electron chi connectivity index (χ2n) is 7.39. The minimum absolute atomic E-state index is 0.0315. The van der Waals surface area contributed by atoms with Crippen molar-refractivity contribution >= 4 is 29.4 Å². The first-order valence-electron chi connectivity index (χ1n) is 9.71. The van der Waals surface area contributed by atoms with Gasteiger partial charge in [-0.05, 0) is 43.0 Å². The van der Waals surface area contributed by atoms with E-state index in [1.54, 1.807) is 24.3 Å². The Morgan fingerprint density at radius 1 is 1.07 bits per heavy atom. The standard InChI is InChI=1S/C21H31N3O5/c1-13(2)14(3)18(25)12-16(6-5-11-23-21(22)28)19(26)24-17-9-7-15(8-10-17)20(27)29-4/h7-10,13-14,16H,5-6,11-12H2,1-4H3,(H,24,26)(H3,22,23,28)/t14-,16+/m0/s1. The first-order chi connectivity index (χ1) is 13.6. The number of esters is 1. The minimum atomic E-state index is -0.624. The molecule has 0 aliphatic heterocycles. The van der Waals surface area contributed by atoms with Gasteiger partial charge in [-0.3, -0.25) is 9.59 Å². The van der Waals surface area contributed by atoms with E-state index in [1.807, 2.05) is 20.8 Å². The fourth-order valence-electron chi connectivity index (χ4n) is 2.74. The molecule has 29 heavy (non-hydrogen) atoms. The van der Waals surface area contributed by atoms with Crippen molar-refractivity contribution < 1.29 is 23.9 Å². The molecule has 2 atom stereocenters. The number of amides is 3. The average Bonchev–Trinajstić information content (AvgIpc) is 2.68. The van der Waals surface area contributed by atoms with Crippen LogP contribution in [0.2, 0.25) is 0 Å². The summed E-state index contributed by atoms with van der Waals surface area (Å²) in [5.41, 5.74) is 5.95. The third kappa shape index (κ3) is 8.33. The third-order valence-electron chi connectivity index (χ3n) is 4.93. The summed E-state index contributed by atoms with van der Waals surface area (Å²) in [4.78, 5) is 47.6. The number of carbonyl (C=O) groups is 4. The molecule has 0 saturated carbocycles. The van der Waals surface area contributed by atoms with Crippen LogP contribution >= 0.6 is 0 Å². The average molecular weight is 405 g/mol. The summed E-state index contributed by atoms with van der Waals surface area (Å²) >= 11 is 0. The molecule has 3 amide bonds. The van der Waals surface area contributed by atoms with E-state index in [-0.39, 0.29) is 29.9 Å². The van der Waals surface area contributed by atoms with Crippen LogP contribution in [0.5, 0.6) is 0 Å². The molecular formula is C21H31N3O5. The Labute approximate surface area is 171 Å². The van der Waals surface area contributed by atoms with Crippen LogP contribution in [0.4, 0.5) is 10.5 Å². The molecule has 0 radical (unpaired) electrons. The predicted molar refractivity (Wildman–Crippen MR) is 110 cm³/mol. The van der Waals surface area contributed by atoms with Crippen molar-refractivity contribution in [2.75, 3.05) is 19.0 Å². The molecule has 8 heteroatoms. The van der Waals surface area contributed by atoms with Crippen LogP contribution in [0.3, 0.4) is 0 Å². The molecule has 1 aromatic carbocycles. The van der Waals surface area contributed by atoms with Gasteiger partial charge in [0.2, 0.25) is 5.91 Å². The number of nitrogens with two attached hydrogens (primary N) is 1. The highest BCUT2D eigenvalue weighted by molar-refractivity contribution is 5.96. The van der Waals surface area contributed by atoms with Gasteiger partial charge in [-0.25, -0.2) is 9.59 Å². The number of methoxy groups -OCH3 is 1. The number of anilines is 1.